The minimum atomic E-state index is -3.92. The van der Waals surface area contributed by atoms with Crippen molar-refractivity contribution in [1.82, 2.24) is 10.0 Å². The maximum Gasteiger partial charge on any atom is 0.251 e. The first-order valence-electron chi connectivity index (χ1n) is 15.7. The van der Waals surface area contributed by atoms with E-state index in [1.807, 2.05) is 13.8 Å². The summed E-state index contributed by atoms with van der Waals surface area (Å²) in [5, 5.41) is 13.8. The minimum Gasteiger partial charge on any atom is -0.485 e. The molecule has 8 heteroatoms. The second kappa shape index (κ2) is 16.4. The predicted molar refractivity (Wildman–Crippen MR) is 171 cm³/mol. The quantitative estimate of drug-likeness (QED) is 0.311. The highest BCUT2D eigenvalue weighted by atomic mass is 32.2. The smallest absolute Gasteiger partial charge is 0.251 e. The first-order chi connectivity index (χ1) is 19.8. The summed E-state index contributed by atoms with van der Waals surface area (Å²) in [6.45, 7) is 16.9. The van der Waals surface area contributed by atoms with Crippen molar-refractivity contribution in [2.75, 3.05) is 6.54 Å². The zero-order chi connectivity index (χ0) is 31.5. The van der Waals surface area contributed by atoms with Crippen molar-refractivity contribution in [1.29, 1.82) is 0 Å². The fourth-order valence-corrected chi connectivity index (χ4v) is 6.51. The lowest BCUT2D eigenvalue weighted by Crippen LogP contribution is -2.53. The number of amides is 1. The van der Waals surface area contributed by atoms with Crippen LogP contribution >= 0.6 is 0 Å². The lowest BCUT2D eigenvalue weighted by molar-refractivity contribution is -0.0603. The Morgan fingerprint density at radius 2 is 1.60 bits per heavy atom. The number of ether oxygens (including phenoxy) is 1. The van der Waals surface area contributed by atoms with Gasteiger partial charge in [0.1, 0.15) is 17.5 Å². The number of nitrogens with one attached hydrogen (secondary N) is 2. The van der Waals surface area contributed by atoms with Crippen LogP contribution in [0.4, 0.5) is 0 Å². The van der Waals surface area contributed by atoms with E-state index in [2.05, 4.69) is 37.7 Å². The largest absolute Gasteiger partial charge is 0.485 e. The van der Waals surface area contributed by atoms with Crippen molar-refractivity contribution in [2.24, 2.45) is 11.8 Å². The van der Waals surface area contributed by atoms with Crippen molar-refractivity contribution >= 4 is 15.9 Å². The van der Waals surface area contributed by atoms with E-state index >= 15 is 0 Å². The molecule has 1 fully saturated rings. The van der Waals surface area contributed by atoms with Gasteiger partial charge in [-0.2, -0.15) is 0 Å². The van der Waals surface area contributed by atoms with Gasteiger partial charge < -0.3 is 15.2 Å². The molecule has 1 saturated carbocycles. The molecule has 0 radical (unpaired) electrons. The average Bonchev–Trinajstić information content (AvgIpc) is 2.94. The Morgan fingerprint density at radius 3 is 2.10 bits per heavy atom. The number of rotatable bonds is 7. The van der Waals surface area contributed by atoms with E-state index in [4.69, 9.17) is 4.74 Å². The summed E-state index contributed by atoms with van der Waals surface area (Å²) in [7, 11) is -3.92. The Morgan fingerprint density at radius 1 is 1.00 bits per heavy atom. The number of hydrogen-bond acceptors (Lipinski definition) is 5. The molecule has 2 aliphatic rings. The Hall–Kier alpha value is -2.42. The van der Waals surface area contributed by atoms with Crippen molar-refractivity contribution in [2.45, 2.75) is 123 Å². The number of fused-ring (bicyclic) bond motifs is 1. The first kappa shape index (κ1) is 35.8. The van der Waals surface area contributed by atoms with Crippen molar-refractivity contribution in [3.63, 3.8) is 0 Å². The van der Waals surface area contributed by atoms with Gasteiger partial charge in [0, 0.05) is 17.7 Å². The van der Waals surface area contributed by atoms with Gasteiger partial charge in [-0.25, -0.2) is 13.1 Å². The lowest BCUT2D eigenvalue weighted by Gasteiger charge is -2.42. The summed E-state index contributed by atoms with van der Waals surface area (Å²) >= 11 is 0. The number of carbonyl (C=O) groups excluding carboxylic acids is 1. The number of sulfonamides is 1. The third-order valence-electron chi connectivity index (χ3n) is 7.67. The molecule has 1 aliphatic carbocycles. The molecule has 42 heavy (non-hydrogen) atoms. The van der Waals surface area contributed by atoms with Gasteiger partial charge in [-0.3, -0.25) is 4.79 Å². The predicted octanol–water partition coefficient (Wildman–Crippen LogP) is 7.19. The molecule has 0 saturated heterocycles. The molecule has 7 nitrogen and oxygen atoms in total. The van der Waals surface area contributed by atoms with E-state index in [0.29, 0.717) is 23.4 Å². The van der Waals surface area contributed by atoms with Crippen LogP contribution in [0.5, 0.6) is 5.75 Å². The van der Waals surface area contributed by atoms with Gasteiger partial charge in [0.25, 0.3) is 5.91 Å². The van der Waals surface area contributed by atoms with E-state index in [1.165, 1.54) is 32.1 Å². The highest BCUT2D eigenvalue weighted by Crippen LogP contribution is 2.41. The maximum atomic E-state index is 13.1. The molecule has 0 bridgehead atoms. The molecule has 0 spiro atoms. The zero-order valence-electron chi connectivity index (χ0n) is 27.0. The van der Waals surface area contributed by atoms with Crippen LogP contribution in [0.15, 0.2) is 47.4 Å². The summed E-state index contributed by atoms with van der Waals surface area (Å²) in [5.74, 6) is 2.19. The van der Waals surface area contributed by atoms with Crippen LogP contribution in [-0.2, 0) is 16.4 Å². The highest BCUT2D eigenvalue weighted by molar-refractivity contribution is 7.89. The van der Waals surface area contributed by atoms with E-state index in [-0.39, 0.29) is 10.8 Å². The molecule has 1 heterocycles. The van der Waals surface area contributed by atoms with Gasteiger partial charge in [0.05, 0.1) is 10.9 Å². The van der Waals surface area contributed by atoms with Crippen LogP contribution in [0.3, 0.4) is 0 Å². The number of hydrogen-bond donors (Lipinski definition) is 3. The number of benzene rings is 2. The molecule has 1 amide bonds. The van der Waals surface area contributed by atoms with Crippen LogP contribution in [0.25, 0.3) is 0 Å². The molecule has 3 N–H and O–H groups in total. The zero-order valence-corrected chi connectivity index (χ0v) is 27.8. The molecule has 1 aliphatic heterocycles. The summed E-state index contributed by atoms with van der Waals surface area (Å²) < 4.78 is 34.7. The average molecular weight is 603 g/mol. The van der Waals surface area contributed by atoms with Gasteiger partial charge in [0.15, 0.2) is 0 Å². The van der Waals surface area contributed by atoms with E-state index in [9.17, 15) is 18.3 Å². The minimum absolute atomic E-state index is 0.111. The van der Waals surface area contributed by atoms with Gasteiger partial charge in [-0.05, 0) is 80.8 Å². The fraction of sp³-hybridized carbons (Fsp3) is 0.618. The normalized spacial score (nSPS) is 22.7. The first-order valence-corrected chi connectivity index (χ1v) is 17.2. The number of aliphatic hydroxyl groups is 1. The topological polar surface area (TPSA) is 105 Å². The Labute approximate surface area is 254 Å². The van der Waals surface area contributed by atoms with Gasteiger partial charge in [-0.1, -0.05) is 79.4 Å². The molecular weight excluding hydrogens is 548 g/mol. The molecule has 0 aromatic heterocycles. The van der Waals surface area contributed by atoms with E-state index < -0.39 is 27.8 Å². The van der Waals surface area contributed by atoms with Crippen molar-refractivity contribution in [3.05, 3.63) is 59.2 Å². The standard InChI is InChI=1S/C23H30N2O5S.C8H16.C3H8/c1-5-13-24-22(27)16-9-12-19-18(14-16)20(21(26)23(3,4)30-19)25-31(28,29)17-10-7-15(6-2)8-11-17;1-7-4-3-5-8(2)6-7;1-3-2/h7-12,14,20-21,25-26H,5-6,13H2,1-4H3,(H,24,27);7-8H,3-6H2,1-2H3;3H2,1-2H3/t20?,21-;;/m0../s1. The third-order valence-corrected chi connectivity index (χ3v) is 9.12. The molecule has 3 unspecified atom stereocenters. The summed E-state index contributed by atoms with van der Waals surface area (Å²) in [6, 6.07) is 10.5. The lowest BCUT2D eigenvalue weighted by atomic mass is 9.84. The van der Waals surface area contributed by atoms with Crippen LogP contribution in [-0.4, -0.2) is 37.7 Å². The monoisotopic (exact) mass is 602 g/mol. The molecular formula is C34H54N2O5S. The molecule has 4 atom stereocenters. The Bertz CT molecular complexity index is 1220. The number of carbonyl (C=O) groups is 1. The fourth-order valence-electron chi connectivity index (χ4n) is 5.29. The number of aliphatic hydroxyl groups excluding tert-OH is 1. The van der Waals surface area contributed by atoms with Gasteiger partial charge in [-0.15, -0.1) is 0 Å². The molecule has 4 rings (SSSR count). The van der Waals surface area contributed by atoms with Crippen molar-refractivity contribution < 1.29 is 23.1 Å². The second-order valence-electron chi connectivity index (χ2n) is 12.3. The SMILES string of the molecule is CC1CCCC(C)C1.CCC.CCCNC(=O)c1ccc2c(c1)C(NS(=O)(=O)c1ccc(CC)cc1)[C@H](O)C(C)(C)O2. The van der Waals surface area contributed by atoms with Crippen LogP contribution in [0, 0.1) is 11.8 Å². The maximum absolute atomic E-state index is 13.1. The van der Waals surface area contributed by atoms with Crippen LogP contribution in [0.2, 0.25) is 0 Å². The molecule has 2 aromatic carbocycles. The summed E-state index contributed by atoms with van der Waals surface area (Å²) in [6.07, 6.45) is 7.58. The highest BCUT2D eigenvalue weighted by Gasteiger charge is 2.44. The Balaban J connectivity index is 0.000000471. The third kappa shape index (κ3) is 10.1. The van der Waals surface area contributed by atoms with Crippen LogP contribution in [0.1, 0.15) is 121 Å². The van der Waals surface area contributed by atoms with Crippen LogP contribution < -0.4 is 14.8 Å². The summed E-state index contributed by atoms with van der Waals surface area (Å²) in [4.78, 5) is 12.5. The molecule has 236 valence electrons. The van der Waals surface area contributed by atoms with Gasteiger partial charge >= 0.3 is 0 Å². The summed E-state index contributed by atoms with van der Waals surface area (Å²) in [5.41, 5.74) is 0.793. The van der Waals surface area contributed by atoms with Gasteiger partial charge in [0.2, 0.25) is 10.0 Å². The Kier molecular flexibility index (Phi) is 14.0. The second-order valence-corrected chi connectivity index (χ2v) is 14.1. The van der Waals surface area contributed by atoms with E-state index in [0.717, 1.165) is 30.2 Å². The van der Waals surface area contributed by atoms with E-state index in [1.54, 1.807) is 56.3 Å². The van der Waals surface area contributed by atoms with Crippen molar-refractivity contribution in [3.8, 4) is 5.75 Å². The number of aryl methyl sites for hydroxylation is 1. The molecule has 2 aromatic rings.